The molecule has 0 radical (unpaired) electrons. The van der Waals surface area contributed by atoms with Crippen molar-refractivity contribution >= 4 is 17.5 Å². The molecule has 0 atom stereocenters. The first kappa shape index (κ1) is 13.3. The number of amides is 1. The minimum Gasteiger partial charge on any atom is -0.490 e. The molecular formula is C11H18N6O2. The average molecular weight is 266 g/mol. The molecule has 1 aliphatic rings. The molecule has 1 aromatic rings. The van der Waals surface area contributed by atoms with E-state index in [1.807, 2.05) is 4.90 Å². The zero-order chi connectivity index (χ0) is 13.8. The molecule has 0 saturated carbocycles. The fourth-order valence-electron chi connectivity index (χ4n) is 2.11. The lowest BCUT2D eigenvalue weighted by Gasteiger charge is -2.35. The van der Waals surface area contributed by atoms with Gasteiger partial charge in [0, 0.05) is 33.1 Å². The van der Waals surface area contributed by atoms with Crippen molar-refractivity contribution in [2.24, 2.45) is 5.84 Å². The zero-order valence-electron chi connectivity index (χ0n) is 11.1. The van der Waals surface area contributed by atoms with Crippen LogP contribution in [0.1, 0.15) is 6.92 Å². The molecule has 1 aromatic heterocycles. The van der Waals surface area contributed by atoms with Gasteiger partial charge in [-0.05, 0) is 0 Å². The van der Waals surface area contributed by atoms with Gasteiger partial charge in [0.05, 0.1) is 7.11 Å². The number of nitrogens with one attached hydrogen (secondary N) is 1. The molecule has 0 bridgehead atoms. The van der Waals surface area contributed by atoms with E-state index in [1.165, 1.54) is 6.33 Å². The van der Waals surface area contributed by atoms with Gasteiger partial charge in [0.25, 0.3) is 0 Å². The lowest BCUT2D eigenvalue weighted by atomic mass is 10.3. The van der Waals surface area contributed by atoms with E-state index in [9.17, 15) is 4.79 Å². The summed E-state index contributed by atoms with van der Waals surface area (Å²) in [6, 6.07) is 0. The van der Waals surface area contributed by atoms with Crippen molar-refractivity contribution in [3.63, 3.8) is 0 Å². The number of rotatable bonds is 3. The van der Waals surface area contributed by atoms with Crippen molar-refractivity contribution in [1.82, 2.24) is 14.9 Å². The monoisotopic (exact) mass is 266 g/mol. The number of piperazine rings is 1. The number of hydrogen-bond donors (Lipinski definition) is 2. The van der Waals surface area contributed by atoms with E-state index in [0.717, 1.165) is 0 Å². The van der Waals surface area contributed by atoms with Crippen molar-refractivity contribution in [2.75, 3.05) is 43.6 Å². The highest BCUT2D eigenvalue weighted by molar-refractivity contribution is 5.73. The van der Waals surface area contributed by atoms with Gasteiger partial charge < -0.3 is 20.0 Å². The van der Waals surface area contributed by atoms with Gasteiger partial charge in [-0.3, -0.25) is 4.79 Å². The second-order valence-electron chi connectivity index (χ2n) is 4.22. The quantitative estimate of drug-likeness (QED) is 0.559. The Morgan fingerprint density at radius 1 is 1.37 bits per heavy atom. The maximum Gasteiger partial charge on any atom is 0.219 e. The molecule has 1 aliphatic heterocycles. The molecule has 0 unspecified atom stereocenters. The highest BCUT2D eigenvalue weighted by Gasteiger charge is 2.23. The Balaban J connectivity index is 2.17. The van der Waals surface area contributed by atoms with Crippen molar-refractivity contribution < 1.29 is 9.53 Å². The molecular weight excluding hydrogens is 248 g/mol. The van der Waals surface area contributed by atoms with E-state index in [4.69, 9.17) is 10.6 Å². The van der Waals surface area contributed by atoms with Crippen LogP contribution in [-0.4, -0.2) is 54.1 Å². The maximum atomic E-state index is 11.3. The summed E-state index contributed by atoms with van der Waals surface area (Å²) < 4.78 is 5.31. The zero-order valence-corrected chi connectivity index (χ0v) is 11.1. The van der Waals surface area contributed by atoms with Crippen LogP contribution in [0.4, 0.5) is 11.6 Å². The van der Waals surface area contributed by atoms with E-state index in [1.54, 1.807) is 14.0 Å². The van der Waals surface area contributed by atoms with Crippen LogP contribution in [0.25, 0.3) is 0 Å². The molecule has 2 rings (SSSR count). The number of anilines is 2. The van der Waals surface area contributed by atoms with Crippen molar-refractivity contribution in [1.29, 1.82) is 0 Å². The Kier molecular flexibility index (Phi) is 4.00. The summed E-state index contributed by atoms with van der Waals surface area (Å²) in [5.41, 5.74) is 2.49. The predicted molar refractivity (Wildman–Crippen MR) is 70.9 cm³/mol. The Hall–Kier alpha value is -2.09. The van der Waals surface area contributed by atoms with E-state index < -0.39 is 0 Å². The van der Waals surface area contributed by atoms with Gasteiger partial charge in [-0.2, -0.15) is 0 Å². The van der Waals surface area contributed by atoms with Crippen molar-refractivity contribution in [2.45, 2.75) is 6.92 Å². The Morgan fingerprint density at radius 2 is 2.05 bits per heavy atom. The molecule has 104 valence electrons. The smallest absolute Gasteiger partial charge is 0.219 e. The third kappa shape index (κ3) is 2.68. The van der Waals surface area contributed by atoms with Crippen LogP contribution in [0, 0.1) is 0 Å². The molecule has 19 heavy (non-hydrogen) atoms. The van der Waals surface area contributed by atoms with Crippen molar-refractivity contribution in [3.05, 3.63) is 6.33 Å². The molecule has 8 heteroatoms. The molecule has 1 saturated heterocycles. The second-order valence-corrected chi connectivity index (χ2v) is 4.22. The highest BCUT2D eigenvalue weighted by atomic mass is 16.5. The van der Waals surface area contributed by atoms with Crippen molar-refractivity contribution in [3.8, 4) is 5.75 Å². The lowest BCUT2D eigenvalue weighted by molar-refractivity contribution is -0.129. The van der Waals surface area contributed by atoms with Gasteiger partial charge in [-0.25, -0.2) is 15.8 Å². The normalized spacial score (nSPS) is 15.3. The second kappa shape index (κ2) is 5.70. The third-order valence-corrected chi connectivity index (χ3v) is 3.15. The molecule has 0 aliphatic carbocycles. The van der Waals surface area contributed by atoms with Gasteiger partial charge >= 0.3 is 0 Å². The summed E-state index contributed by atoms with van der Waals surface area (Å²) in [7, 11) is 1.55. The minimum absolute atomic E-state index is 0.0959. The molecule has 2 heterocycles. The summed E-state index contributed by atoms with van der Waals surface area (Å²) in [6.07, 6.45) is 1.43. The first-order valence-electron chi connectivity index (χ1n) is 6.03. The van der Waals surface area contributed by atoms with Crippen LogP contribution < -0.4 is 20.9 Å². The SMILES string of the molecule is COc1c(NN)ncnc1N1CCN(C(C)=O)CC1. The third-order valence-electron chi connectivity index (χ3n) is 3.15. The summed E-state index contributed by atoms with van der Waals surface area (Å²) >= 11 is 0. The van der Waals surface area contributed by atoms with Gasteiger partial charge in [0.2, 0.25) is 11.7 Å². The molecule has 0 spiro atoms. The van der Waals surface area contributed by atoms with Crippen LogP contribution in [0.5, 0.6) is 5.75 Å². The maximum absolute atomic E-state index is 11.3. The lowest BCUT2D eigenvalue weighted by Crippen LogP contribution is -2.48. The Labute approximate surface area is 111 Å². The van der Waals surface area contributed by atoms with Gasteiger partial charge in [-0.15, -0.1) is 0 Å². The minimum atomic E-state index is 0.0959. The summed E-state index contributed by atoms with van der Waals surface area (Å²) in [5, 5.41) is 0. The van der Waals surface area contributed by atoms with E-state index in [2.05, 4.69) is 20.3 Å². The number of carbonyl (C=O) groups is 1. The Bertz CT molecular complexity index is 458. The molecule has 3 N–H and O–H groups in total. The fraction of sp³-hybridized carbons (Fsp3) is 0.545. The number of nitrogen functional groups attached to an aromatic ring is 1. The standard InChI is InChI=1S/C11H18N6O2/c1-8(18)16-3-5-17(6-4-16)11-9(19-2)10(15-12)13-7-14-11/h7H,3-6,12H2,1-2H3,(H,13,14,15). The average Bonchev–Trinajstić information content (AvgIpc) is 2.46. The van der Waals surface area contributed by atoms with Gasteiger partial charge in [0.15, 0.2) is 11.6 Å². The number of methoxy groups -OCH3 is 1. The molecule has 0 aromatic carbocycles. The number of carbonyl (C=O) groups excluding carboxylic acids is 1. The topological polar surface area (TPSA) is 96.6 Å². The van der Waals surface area contributed by atoms with E-state index in [-0.39, 0.29) is 5.91 Å². The van der Waals surface area contributed by atoms with Crippen LogP contribution >= 0.6 is 0 Å². The van der Waals surface area contributed by atoms with Gasteiger partial charge in [-0.1, -0.05) is 0 Å². The number of ether oxygens (including phenoxy) is 1. The van der Waals surface area contributed by atoms with Crippen LogP contribution in [0.2, 0.25) is 0 Å². The number of nitrogens with zero attached hydrogens (tertiary/aromatic N) is 4. The predicted octanol–water partition coefficient (Wildman–Crippen LogP) is -0.561. The fourth-order valence-corrected chi connectivity index (χ4v) is 2.11. The van der Waals surface area contributed by atoms with Crippen LogP contribution in [0.3, 0.4) is 0 Å². The molecule has 1 amide bonds. The van der Waals surface area contributed by atoms with Crippen LogP contribution in [0.15, 0.2) is 6.33 Å². The first-order valence-corrected chi connectivity index (χ1v) is 6.03. The number of aromatic nitrogens is 2. The highest BCUT2D eigenvalue weighted by Crippen LogP contribution is 2.31. The van der Waals surface area contributed by atoms with E-state index >= 15 is 0 Å². The molecule has 1 fully saturated rings. The number of nitrogens with two attached hydrogens (primary N) is 1. The summed E-state index contributed by atoms with van der Waals surface area (Å²) in [5.74, 6) is 7.14. The number of hydrogen-bond acceptors (Lipinski definition) is 7. The van der Waals surface area contributed by atoms with Crippen LogP contribution in [-0.2, 0) is 4.79 Å². The summed E-state index contributed by atoms with van der Waals surface area (Å²) in [6.45, 7) is 4.34. The van der Waals surface area contributed by atoms with E-state index in [0.29, 0.717) is 43.6 Å². The number of hydrazine groups is 1. The first-order chi connectivity index (χ1) is 9.17. The summed E-state index contributed by atoms with van der Waals surface area (Å²) in [4.78, 5) is 23.4. The Morgan fingerprint density at radius 3 is 2.58 bits per heavy atom. The molecule has 8 nitrogen and oxygen atoms in total. The van der Waals surface area contributed by atoms with Gasteiger partial charge in [0.1, 0.15) is 6.33 Å². The largest absolute Gasteiger partial charge is 0.490 e.